The minimum Gasteiger partial charge on any atom is -0.298 e. The maximum atomic E-state index is 2.91. The van der Waals surface area contributed by atoms with Crippen LogP contribution in [0.3, 0.4) is 0 Å². The molecule has 1 aliphatic carbocycles. The highest BCUT2D eigenvalue weighted by atomic mass is 15.3. The molecule has 0 aromatic heterocycles. The summed E-state index contributed by atoms with van der Waals surface area (Å²) in [6, 6.07) is 1.67. The Morgan fingerprint density at radius 2 is 1.85 bits per heavy atom. The molecule has 1 saturated carbocycles. The van der Waals surface area contributed by atoms with E-state index in [2.05, 4.69) is 30.6 Å². The monoisotopic (exact) mass is 278 g/mol. The fourth-order valence-electron chi connectivity index (χ4n) is 5.10. The first-order chi connectivity index (χ1) is 9.63. The van der Waals surface area contributed by atoms with Gasteiger partial charge in [-0.05, 0) is 50.0 Å². The molecular weight excluding hydrogens is 244 g/mol. The minimum absolute atomic E-state index is 0.661. The summed E-state index contributed by atoms with van der Waals surface area (Å²) in [5.74, 6) is 0.798. The van der Waals surface area contributed by atoms with E-state index in [1.165, 1.54) is 71.1 Å². The Balaban J connectivity index is 1.71. The smallest absolute Gasteiger partial charge is 0.0247 e. The zero-order valence-corrected chi connectivity index (χ0v) is 13.9. The predicted molar refractivity (Wildman–Crippen MR) is 86.0 cm³/mol. The molecule has 2 unspecified atom stereocenters. The lowest BCUT2D eigenvalue weighted by Crippen LogP contribution is -2.59. The lowest BCUT2D eigenvalue weighted by Gasteiger charge is -2.48. The number of hydrogen-bond donors (Lipinski definition) is 0. The number of nitrogens with zero attached hydrogens (tertiary/aromatic N) is 2. The van der Waals surface area contributed by atoms with Gasteiger partial charge in [0, 0.05) is 31.7 Å². The normalized spacial score (nSPS) is 34.8. The predicted octanol–water partition coefficient (Wildman–Crippen LogP) is 3.76. The van der Waals surface area contributed by atoms with E-state index in [1.54, 1.807) is 0 Å². The molecule has 0 bridgehead atoms. The van der Waals surface area contributed by atoms with Crippen molar-refractivity contribution < 1.29 is 0 Å². The van der Waals surface area contributed by atoms with Crippen molar-refractivity contribution >= 4 is 0 Å². The van der Waals surface area contributed by atoms with Crippen molar-refractivity contribution in [2.24, 2.45) is 11.3 Å². The van der Waals surface area contributed by atoms with Crippen LogP contribution in [-0.4, -0.2) is 48.1 Å². The van der Waals surface area contributed by atoms with Gasteiger partial charge in [-0.25, -0.2) is 0 Å². The summed E-state index contributed by atoms with van der Waals surface area (Å²) in [6.45, 7) is 12.7. The van der Waals surface area contributed by atoms with Crippen LogP contribution in [0.2, 0.25) is 0 Å². The zero-order chi connectivity index (χ0) is 14.2. The van der Waals surface area contributed by atoms with Crippen molar-refractivity contribution in [2.75, 3.05) is 26.2 Å². The first-order valence-electron chi connectivity index (χ1n) is 9.12. The molecule has 3 rings (SSSR count). The lowest BCUT2D eigenvalue weighted by molar-refractivity contribution is 0.0000906. The van der Waals surface area contributed by atoms with Crippen molar-refractivity contribution in [2.45, 2.75) is 77.8 Å². The molecule has 0 N–H and O–H groups in total. The Morgan fingerprint density at radius 1 is 1.10 bits per heavy atom. The molecule has 2 heteroatoms. The van der Waals surface area contributed by atoms with Crippen LogP contribution >= 0.6 is 0 Å². The molecule has 3 aliphatic rings. The average Bonchev–Trinajstić information content (AvgIpc) is 3.06. The summed E-state index contributed by atoms with van der Waals surface area (Å²) >= 11 is 0. The van der Waals surface area contributed by atoms with Gasteiger partial charge in [0.15, 0.2) is 0 Å². The van der Waals surface area contributed by atoms with Gasteiger partial charge >= 0.3 is 0 Å². The second-order valence-corrected chi connectivity index (χ2v) is 8.09. The average molecular weight is 278 g/mol. The van der Waals surface area contributed by atoms with Gasteiger partial charge in [-0.1, -0.05) is 33.6 Å². The number of fused-ring (bicyclic) bond motifs is 1. The second kappa shape index (κ2) is 5.96. The van der Waals surface area contributed by atoms with Gasteiger partial charge in [-0.15, -0.1) is 0 Å². The van der Waals surface area contributed by atoms with Gasteiger partial charge in [0.25, 0.3) is 0 Å². The third-order valence-electron chi connectivity index (χ3n) is 6.56. The van der Waals surface area contributed by atoms with E-state index in [1.807, 2.05) is 0 Å². The minimum atomic E-state index is 0.661. The topological polar surface area (TPSA) is 6.48 Å². The summed E-state index contributed by atoms with van der Waals surface area (Å²) in [4.78, 5) is 5.69. The standard InChI is InChI=1S/C18H34N2/c1-4-18(9-5-6-10-18)14-20-12-16-8-7-11-19(16)13-17(20)15(2)3/h15-17H,4-14H2,1-3H3. The quantitative estimate of drug-likeness (QED) is 0.772. The molecule has 0 spiro atoms. The third kappa shape index (κ3) is 2.78. The highest BCUT2D eigenvalue weighted by molar-refractivity contribution is 4.96. The molecular formula is C18H34N2. The van der Waals surface area contributed by atoms with Gasteiger partial charge in [0.2, 0.25) is 0 Å². The molecule has 0 radical (unpaired) electrons. The molecule has 2 aliphatic heterocycles. The molecule has 0 amide bonds. The number of hydrogen-bond acceptors (Lipinski definition) is 2. The van der Waals surface area contributed by atoms with E-state index < -0.39 is 0 Å². The molecule has 2 heterocycles. The molecule has 0 aromatic carbocycles. The van der Waals surface area contributed by atoms with Crippen LogP contribution in [0.4, 0.5) is 0 Å². The van der Waals surface area contributed by atoms with Gasteiger partial charge in [-0.2, -0.15) is 0 Å². The van der Waals surface area contributed by atoms with Gasteiger partial charge < -0.3 is 0 Å². The number of rotatable bonds is 4. The van der Waals surface area contributed by atoms with Gasteiger partial charge in [0.1, 0.15) is 0 Å². The number of piperazine rings is 1. The highest BCUT2D eigenvalue weighted by Crippen LogP contribution is 2.43. The molecule has 116 valence electrons. The maximum Gasteiger partial charge on any atom is 0.0247 e. The van der Waals surface area contributed by atoms with Crippen LogP contribution < -0.4 is 0 Å². The third-order valence-corrected chi connectivity index (χ3v) is 6.56. The Kier molecular flexibility index (Phi) is 4.42. The van der Waals surface area contributed by atoms with Crippen molar-refractivity contribution in [3.63, 3.8) is 0 Å². The fraction of sp³-hybridized carbons (Fsp3) is 1.00. The van der Waals surface area contributed by atoms with Crippen LogP contribution in [0, 0.1) is 11.3 Å². The van der Waals surface area contributed by atoms with Crippen LogP contribution in [0.5, 0.6) is 0 Å². The SMILES string of the molecule is CCC1(CN2CC3CCCN3CC2C(C)C)CCCC1. The molecule has 20 heavy (non-hydrogen) atoms. The zero-order valence-electron chi connectivity index (χ0n) is 13.9. The Hall–Kier alpha value is -0.0800. The largest absolute Gasteiger partial charge is 0.298 e. The van der Waals surface area contributed by atoms with Crippen LogP contribution in [0.15, 0.2) is 0 Å². The Bertz CT molecular complexity index is 319. The first kappa shape index (κ1) is 14.8. The van der Waals surface area contributed by atoms with Crippen molar-refractivity contribution in [3.8, 4) is 0 Å². The Labute approximate surface area is 125 Å². The first-order valence-corrected chi connectivity index (χ1v) is 9.12. The van der Waals surface area contributed by atoms with Crippen molar-refractivity contribution in [3.05, 3.63) is 0 Å². The summed E-state index contributed by atoms with van der Waals surface area (Å²) in [5.41, 5.74) is 0.661. The van der Waals surface area contributed by atoms with Crippen molar-refractivity contribution in [1.82, 2.24) is 9.80 Å². The van der Waals surface area contributed by atoms with E-state index in [0.29, 0.717) is 5.41 Å². The molecule has 0 aromatic rings. The van der Waals surface area contributed by atoms with Crippen LogP contribution in [0.1, 0.15) is 65.7 Å². The lowest BCUT2D eigenvalue weighted by atomic mass is 9.81. The molecule has 2 nitrogen and oxygen atoms in total. The maximum absolute atomic E-state index is 2.91. The Morgan fingerprint density at radius 3 is 2.50 bits per heavy atom. The van der Waals surface area contributed by atoms with E-state index in [9.17, 15) is 0 Å². The van der Waals surface area contributed by atoms with Gasteiger partial charge in [-0.3, -0.25) is 9.80 Å². The summed E-state index contributed by atoms with van der Waals surface area (Å²) in [6.07, 6.45) is 10.2. The van der Waals surface area contributed by atoms with Crippen molar-refractivity contribution in [1.29, 1.82) is 0 Å². The van der Waals surface area contributed by atoms with Crippen LogP contribution in [0.25, 0.3) is 0 Å². The molecule has 2 atom stereocenters. The highest BCUT2D eigenvalue weighted by Gasteiger charge is 2.41. The molecule has 3 fully saturated rings. The van der Waals surface area contributed by atoms with Crippen LogP contribution in [-0.2, 0) is 0 Å². The summed E-state index contributed by atoms with van der Waals surface area (Å²) in [5, 5.41) is 0. The van der Waals surface area contributed by atoms with Gasteiger partial charge in [0.05, 0.1) is 0 Å². The van der Waals surface area contributed by atoms with E-state index in [-0.39, 0.29) is 0 Å². The summed E-state index contributed by atoms with van der Waals surface area (Å²) in [7, 11) is 0. The van der Waals surface area contributed by atoms with E-state index >= 15 is 0 Å². The fourth-order valence-corrected chi connectivity index (χ4v) is 5.10. The van der Waals surface area contributed by atoms with E-state index in [0.717, 1.165) is 18.0 Å². The summed E-state index contributed by atoms with van der Waals surface area (Å²) < 4.78 is 0. The van der Waals surface area contributed by atoms with E-state index in [4.69, 9.17) is 0 Å². The molecule has 2 saturated heterocycles. The second-order valence-electron chi connectivity index (χ2n) is 8.09.